The molecule has 0 saturated heterocycles. The van der Waals surface area contributed by atoms with Crippen LogP contribution in [-0.2, 0) is 6.18 Å². The van der Waals surface area contributed by atoms with Crippen molar-refractivity contribution >= 4 is 10.9 Å². The number of alkyl halides is 3. The molecule has 20 heavy (non-hydrogen) atoms. The highest BCUT2D eigenvalue weighted by Crippen LogP contribution is 2.28. The van der Waals surface area contributed by atoms with Gasteiger partial charge >= 0.3 is 6.18 Å². The maximum atomic E-state index is 12.6. The van der Waals surface area contributed by atoms with E-state index in [4.69, 9.17) is 0 Å². The van der Waals surface area contributed by atoms with Crippen LogP contribution in [0.15, 0.2) is 48.7 Å². The normalized spacial score (nSPS) is 11.8. The highest BCUT2D eigenvalue weighted by atomic mass is 19.4. The number of benzene rings is 1. The Morgan fingerprint density at radius 2 is 1.65 bits per heavy atom. The van der Waals surface area contributed by atoms with E-state index in [1.165, 1.54) is 12.1 Å². The number of hydrogen-bond donors (Lipinski definition) is 0. The van der Waals surface area contributed by atoms with Crippen LogP contribution in [0, 0.1) is 0 Å². The molecule has 3 aromatic rings. The molecule has 0 atom stereocenters. The largest absolute Gasteiger partial charge is 0.433 e. The van der Waals surface area contributed by atoms with Gasteiger partial charge in [-0.15, -0.1) is 0 Å². The van der Waals surface area contributed by atoms with Crippen molar-refractivity contribution in [3.8, 4) is 11.5 Å². The molecular weight excluding hydrogens is 267 g/mol. The minimum absolute atomic E-state index is 0.102. The number of para-hydroxylation sites is 1. The number of halogens is 3. The lowest BCUT2D eigenvalue weighted by Crippen LogP contribution is -2.08. The summed E-state index contributed by atoms with van der Waals surface area (Å²) in [6.45, 7) is 0. The quantitative estimate of drug-likeness (QED) is 0.679. The van der Waals surface area contributed by atoms with E-state index in [1.807, 2.05) is 12.1 Å². The molecule has 0 radical (unpaired) electrons. The van der Waals surface area contributed by atoms with E-state index in [-0.39, 0.29) is 11.5 Å². The molecule has 0 saturated carbocycles. The Kier molecular flexibility index (Phi) is 2.85. The zero-order valence-electron chi connectivity index (χ0n) is 10.1. The third kappa shape index (κ3) is 2.32. The minimum atomic E-state index is -4.48. The first kappa shape index (κ1) is 12.5. The lowest BCUT2D eigenvalue weighted by molar-refractivity contribution is -0.141. The summed E-state index contributed by atoms with van der Waals surface area (Å²) in [5, 5.41) is 0.822. The molecule has 2 aromatic heterocycles. The van der Waals surface area contributed by atoms with Crippen LogP contribution in [0.2, 0.25) is 0 Å². The first-order chi connectivity index (χ1) is 9.54. The number of pyridine rings is 1. The molecule has 3 nitrogen and oxygen atoms in total. The summed E-state index contributed by atoms with van der Waals surface area (Å²) in [6.07, 6.45) is -2.91. The van der Waals surface area contributed by atoms with Gasteiger partial charge in [0.05, 0.1) is 5.52 Å². The van der Waals surface area contributed by atoms with Gasteiger partial charge in [0.25, 0.3) is 0 Å². The molecule has 2 heterocycles. The lowest BCUT2D eigenvalue weighted by atomic mass is 10.2. The van der Waals surface area contributed by atoms with Crippen LogP contribution in [-0.4, -0.2) is 15.0 Å². The molecule has 0 amide bonds. The Balaban J connectivity index is 2.11. The molecule has 0 fully saturated rings. The van der Waals surface area contributed by atoms with Crippen molar-refractivity contribution in [3.63, 3.8) is 0 Å². The molecule has 0 spiro atoms. The number of aromatic nitrogens is 3. The number of nitrogens with zero attached hydrogens (tertiary/aromatic N) is 3. The topological polar surface area (TPSA) is 38.7 Å². The molecule has 0 N–H and O–H groups in total. The zero-order chi connectivity index (χ0) is 14.2. The Bertz CT molecular complexity index is 769. The van der Waals surface area contributed by atoms with E-state index >= 15 is 0 Å². The van der Waals surface area contributed by atoms with Gasteiger partial charge in [-0.25, -0.2) is 15.0 Å². The second kappa shape index (κ2) is 4.56. The molecular formula is C14H8F3N3. The second-order valence-electron chi connectivity index (χ2n) is 4.16. The smallest absolute Gasteiger partial charge is 0.240 e. The van der Waals surface area contributed by atoms with Crippen LogP contribution in [0.5, 0.6) is 0 Å². The summed E-state index contributed by atoms with van der Waals surface area (Å²) in [6, 6.07) is 10.9. The average Bonchev–Trinajstić information content (AvgIpc) is 2.46. The molecule has 0 bridgehead atoms. The monoisotopic (exact) mass is 275 g/mol. The van der Waals surface area contributed by atoms with Gasteiger partial charge in [0.1, 0.15) is 11.4 Å². The molecule has 6 heteroatoms. The molecule has 100 valence electrons. The van der Waals surface area contributed by atoms with E-state index in [0.717, 1.165) is 11.5 Å². The first-order valence-corrected chi connectivity index (χ1v) is 5.80. The van der Waals surface area contributed by atoms with Crippen molar-refractivity contribution in [2.24, 2.45) is 0 Å². The van der Waals surface area contributed by atoms with Crippen molar-refractivity contribution in [1.29, 1.82) is 0 Å². The Labute approximate surface area is 112 Å². The lowest BCUT2D eigenvalue weighted by Gasteiger charge is -2.07. The Hall–Kier alpha value is -2.50. The van der Waals surface area contributed by atoms with Gasteiger partial charge in [-0.2, -0.15) is 13.2 Å². The van der Waals surface area contributed by atoms with Crippen LogP contribution in [0.3, 0.4) is 0 Å². The summed E-state index contributed by atoms with van der Waals surface area (Å²) in [5.41, 5.74) is -0.186. The van der Waals surface area contributed by atoms with Crippen LogP contribution < -0.4 is 0 Å². The minimum Gasteiger partial charge on any atom is -0.240 e. The van der Waals surface area contributed by atoms with Crippen molar-refractivity contribution < 1.29 is 13.2 Å². The molecule has 3 rings (SSSR count). The summed E-state index contributed by atoms with van der Waals surface area (Å²) in [7, 11) is 0. The zero-order valence-corrected chi connectivity index (χ0v) is 10.1. The van der Waals surface area contributed by atoms with Crippen LogP contribution in [0.4, 0.5) is 13.2 Å². The maximum absolute atomic E-state index is 12.6. The van der Waals surface area contributed by atoms with Gasteiger partial charge in [-0.1, -0.05) is 24.3 Å². The van der Waals surface area contributed by atoms with Crippen LogP contribution in [0.25, 0.3) is 22.4 Å². The molecule has 0 aliphatic carbocycles. The number of rotatable bonds is 1. The third-order valence-corrected chi connectivity index (χ3v) is 2.76. The van der Waals surface area contributed by atoms with Gasteiger partial charge in [0.15, 0.2) is 5.82 Å². The van der Waals surface area contributed by atoms with E-state index in [9.17, 15) is 13.2 Å². The summed E-state index contributed by atoms with van der Waals surface area (Å²) in [5.74, 6) is 0.176. The van der Waals surface area contributed by atoms with Crippen molar-refractivity contribution in [2.45, 2.75) is 6.18 Å². The predicted molar refractivity (Wildman–Crippen MR) is 67.8 cm³/mol. The summed E-state index contributed by atoms with van der Waals surface area (Å²) in [4.78, 5) is 11.9. The number of hydrogen-bond acceptors (Lipinski definition) is 3. The second-order valence-corrected chi connectivity index (χ2v) is 4.16. The summed E-state index contributed by atoms with van der Waals surface area (Å²) < 4.78 is 37.9. The molecule has 0 aliphatic heterocycles. The Morgan fingerprint density at radius 3 is 2.45 bits per heavy atom. The molecule has 0 unspecified atom stereocenters. The van der Waals surface area contributed by atoms with Crippen LogP contribution >= 0.6 is 0 Å². The fourth-order valence-corrected chi connectivity index (χ4v) is 1.81. The van der Waals surface area contributed by atoms with E-state index < -0.39 is 11.9 Å². The van der Waals surface area contributed by atoms with E-state index in [1.54, 1.807) is 18.3 Å². The Morgan fingerprint density at radius 1 is 0.850 bits per heavy atom. The van der Waals surface area contributed by atoms with Crippen molar-refractivity contribution in [2.75, 3.05) is 0 Å². The highest BCUT2D eigenvalue weighted by molar-refractivity contribution is 5.78. The van der Waals surface area contributed by atoms with Gasteiger partial charge in [-0.3, -0.25) is 0 Å². The first-order valence-electron chi connectivity index (χ1n) is 5.80. The van der Waals surface area contributed by atoms with Crippen molar-refractivity contribution in [1.82, 2.24) is 15.0 Å². The van der Waals surface area contributed by atoms with Crippen molar-refractivity contribution in [3.05, 3.63) is 54.4 Å². The highest BCUT2D eigenvalue weighted by Gasteiger charge is 2.32. The number of fused-ring (bicyclic) bond motifs is 1. The fraction of sp³-hybridized carbons (Fsp3) is 0.0714. The van der Waals surface area contributed by atoms with Gasteiger partial charge in [0, 0.05) is 11.6 Å². The SMILES string of the molecule is FC(F)(F)c1cccc(-c2ncc3ccccc3n2)n1. The van der Waals surface area contributed by atoms with Crippen LogP contribution in [0.1, 0.15) is 5.69 Å². The third-order valence-electron chi connectivity index (χ3n) is 2.76. The molecule has 0 aliphatic rings. The van der Waals surface area contributed by atoms with E-state index in [0.29, 0.717) is 5.52 Å². The van der Waals surface area contributed by atoms with Gasteiger partial charge < -0.3 is 0 Å². The summed E-state index contributed by atoms with van der Waals surface area (Å²) >= 11 is 0. The standard InChI is InChI=1S/C14H8F3N3/c15-14(16,17)12-7-3-6-11(19-12)13-18-8-9-4-1-2-5-10(9)20-13/h1-8H. The van der Waals surface area contributed by atoms with E-state index in [2.05, 4.69) is 15.0 Å². The average molecular weight is 275 g/mol. The predicted octanol–water partition coefficient (Wildman–Crippen LogP) is 3.71. The maximum Gasteiger partial charge on any atom is 0.433 e. The van der Waals surface area contributed by atoms with Gasteiger partial charge in [-0.05, 0) is 18.2 Å². The van der Waals surface area contributed by atoms with Gasteiger partial charge in [0.2, 0.25) is 0 Å². The molecule has 1 aromatic carbocycles. The fourth-order valence-electron chi connectivity index (χ4n) is 1.81.